The Morgan fingerprint density at radius 1 is 1.06 bits per heavy atom. The third-order valence-corrected chi connectivity index (χ3v) is 5.12. The Bertz CT molecular complexity index is 1170. The Morgan fingerprint density at radius 2 is 1.74 bits per heavy atom. The standard InChI is InChI=1S/C25H25N3O3/c1-5-22-21(15-26)23(24(28(22)4)25(30)31-6-2)18-12-10-17(11-13-18)19-8-7-9-20(14-19)27-16(3)29/h7-14H,5-6H2,1-4H3,(H,27,29). The van der Waals surface area contributed by atoms with Gasteiger partial charge in [-0.2, -0.15) is 5.26 Å². The van der Waals surface area contributed by atoms with Crippen LogP contribution in [-0.4, -0.2) is 23.1 Å². The molecule has 0 spiro atoms. The van der Waals surface area contributed by atoms with Gasteiger partial charge in [-0.25, -0.2) is 4.79 Å². The van der Waals surface area contributed by atoms with Crippen LogP contribution < -0.4 is 5.32 Å². The van der Waals surface area contributed by atoms with Crippen LogP contribution in [0.15, 0.2) is 48.5 Å². The number of aromatic nitrogens is 1. The highest BCUT2D eigenvalue weighted by atomic mass is 16.5. The van der Waals surface area contributed by atoms with Crippen molar-refractivity contribution in [2.24, 2.45) is 7.05 Å². The summed E-state index contributed by atoms with van der Waals surface area (Å²) in [5.41, 5.74) is 5.68. The van der Waals surface area contributed by atoms with Crippen molar-refractivity contribution < 1.29 is 14.3 Å². The van der Waals surface area contributed by atoms with E-state index in [9.17, 15) is 14.9 Å². The van der Waals surface area contributed by atoms with Gasteiger partial charge >= 0.3 is 5.97 Å². The highest BCUT2D eigenvalue weighted by Gasteiger charge is 2.26. The molecule has 0 atom stereocenters. The van der Waals surface area contributed by atoms with E-state index in [-0.39, 0.29) is 12.5 Å². The summed E-state index contributed by atoms with van der Waals surface area (Å²) in [5.74, 6) is -0.567. The Kier molecular flexibility index (Phi) is 6.56. The second-order valence-corrected chi connectivity index (χ2v) is 7.13. The average Bonchev–Trinajstić information content (AvgIpc) is 3.05. The maximum absolute atomic E-state index is 12.7. The smallest absolute Gasteiger partial charge is 0.355 e. The van der Waals surface area contributed by atoms with Crippen molar-refractivity contribution >= 4 is 17.6 Å². The van der Waals surface area contributed by atoms with Crippen LogP contribution >= 0.6 is 0 Å². The number of hydrogen-bond acceptors (Lipinski definition) is 4. The minimum atomic E-state index is -0.441. The molecule has 0 aliphatic rings. The van der Waals surface area contributed by atoms with Crippen molar-refractivity contribution in [2.45, 2.75) is 27.2 Å². The molecule has 0 fully saturated rings. The number of amides is 1. The van der Waals surface area contributed by atoms with Gasteiger partial charge in [-0.15, -0.1) is 0 Å². The molecule has 1 N–H and O–H groups in total. The van der Waals surface area contributed by atoms with Crippen LogP contribution in [0.25, 0.3) is 22.3 Å². The molecule has 3 aromatic rings. The molecule has 6 heteroatoms. The molecule has 1 amide bonds. The Labute approximate surface area is 182 Å². The van der Waals surface area contributed by atoms with Gasteiger partial charge in [0.15, 0.2) is 0 Å². The first-order chi connectivity index (χ1) is 14.9. The van der Waals surface area contributed by atoms with Crippen molar-refractivity contribution in [1.82, 2.24) is 4.57 Å². The van der Waals surface area contributed by atoms with E-state index in [4.69, 9.17) is 4.74 Å². The van der Waals surface area contributed by atoms with Gasteiger partial charge in [0, 0.05) is 30.9 Å². The summed E-state index contributed by atoms with van der Waals surface area (Å²) in [7, 11) is 1.79. The summed E-state index contributed by atoms with van der Waals surface area (Å²) in [4.78, 5) is 24.0. The normalized spacial score (nSPS) is 10.4. The zero-order valence-corrected chi connectivity index (χ0v) is 18.2. The number of nitrogens with one attached hydrogen (secondary N) is 1. The maximum Gasteiger partial charge on any atom is 0.355 e. The number of esters is 1. The van der Waals surface area contributed by atoms with Gasteiger partial charge in [0.25, 0.3) is 0 Å². The first kappa shape index (κ1) is 21.8. The van der Waals surface area contributed by atoms with Crippen molar-refractivity contribution in [3.63, 3.8) is 0 Å². The molecular formula is C25H25N3O3. The average molecular weight is 415 g/mol. The van der Waals surface area contributed by atoms with E-state index in [2.05, 4.69) is 11.4 Å². The molecule has 0 aliphatic heterocycles. The number of rotatable bonds is 6. The van der Waals surface area contributed by atoms with Crippen molar-refractivity contribution in [3.8, 4) is 28.3 Å². The molecular weight excluding hydrogens is 390 g/mol. The minimum absolute atomic E-state index is 0.126. The molecule has 1 aromatic heterocycles. The molecule has 0 aliphatic carbocycles. The fraction of sp³-hybridized carbons (Fsp3) is 0.240. The summed E-state index contributed by atoms with van der Waals surface area (Å²) < 4.78 is 7.02. The number of nitriles is 1. The van der Waals surface area contributed by atoms with Gasteiger partial charge in [-0.1, -0.05) is 43.3 Å². The Morgan fingerprint density at radius 3 is 2.32 bits per heavy atom. The van der Waals surface area contributed by atoms with Crippen LogP contribution in [0.3, 0.4) is 0 Å². The number of hydrogen-bond donors (Lipinski definition) is 1. The first-order valence-electron chi connectivity index (χ1n) is 10.2. The lowest BCUT2D eigenvalue weighted by Crippen LogP contribution is -2.12. The second kappa shape index (κ2) is 9.31. The SMILES string of the molecule is CCOC(=O)c1c(-c2ccc(-c3cccc(NC(C)=O)c3)cc2)c(C#N)c(CC)n1C. The van der Waals surface area contributed by atoms with Crippen LogP contribution in [0.4, 0.5) is 5.69 Å². The molecule has 6 nitrogen and oxygen atoms in total. The predicted octanol–water partition coefficient (Wildman–Crippen LogP) is 4.93. The molecule has 0 saturated carbocycles. The van der Waals surface area contributed by atoms with Crippen molar-refractivity contribution in [3.05, 3.63) is 65.5 Å². The lowest BCUT2D eigenvalue weighted by atomic mass is 9.97. The molecule has 0 bridgehead atoms. The first-order valence-corrected chi connectivity index (χ1v) is 10.2. The molecule has 3 rings (SSSR count). The number of anilines is 1. The molecule has 0 saturated heterocycles. The zero-order chi connectivity index (χ0) is 22.5. The van der Waals surface area contributed by atoms with Gasteiger partial charge < -0.3 is 14.6 Å². The summed E-state index contributed by atoms with van der Waals surface area (Å²) in [6.45, 7) is 5.45. The lowest BCUT2D eigenvalue weighted by Gasteiger charge is -2.10. The largest absolute Gasteiger partial charge is 0.461 e. The monoisotopic (exact) mass is 415 g/mol. The molecule has 1 heterocycles. The molecule has 31 heavy (non-hydrogen) atoms. The molecule has 0 unspecified atom stereocenters. The van der Waals surface area contributed by atoms with Crippen molar-refractivity contribution in [2.75, 3.05) is 11.9 Å². The van der Waals surface area contributed by atoms with Crippen LogP contribution in [0.5, 0.6) is 0 Å². The van der Waals surface area contributed by atoms with E-state index in [0.29, 0.717) is 23.2 Å². The highest BCUT2D eigenvalue weighted by molar-refractivity contribution is 5.98. The van der Waals surface area contributed by atoms with E-state index in [1.165, 1.54) is 6.92 Å². The summed E-state index contributed by atoms with van der Waals surface area (Å²) >= 11 is 0. The lowest BCUT2D eigenvalue weighted by molar-refractivity contribution is -0.114. The number of carbonyl (C=O) groups is 2. The summed E-state index contributed by atoms with van der Waals surface area (Å²) in [6.07, 6.45) is 0.625. The topological polar surface area (TPSA) is 84.1 Å². The predicted molar refractivity (Wildman–Crippen MR) is 121 cm³/mol. The third-order valence-electron chi connectivity index (χ3n) is 5.12. The zero-order valence-electron chi connectivity index (χ0n) is 18.2. The summed E-state index contributed by atoms with van der Waals surface area (Å²) in [5, 5.41) is 12.6. The van der Waals surface area contributed by atoms with Crippen LogP contribution in [0.2, 0.25) is 0 Å². The van der Waals surface area contributed by atoms with E-state index in [0.717, 1.165) is 28.1 Å². The van der Waals surface area contributed by atoms with E-state index in [1.54, 1.807) is 18.5 Å². The van der Waals surface area contributed by atoms with Gasteiger partial charge in [-0.05, 0) is 42.2 Å². The molecule has 158 valence electrons. The van der Waals surface area contributed by atoms with Gasteiger partial charge in [-0.3, -0.25) is 4.79 Å². The molecule has 2 aromatic carbocycles. The van der Waals surface area contributed by atoms with Crippen molar-refractivity contribution in [1.29, 1.82) is 5.26 Å². The van der Waals surface area contributed by atoms with Crippen LogP contribution in [0.1, 0.15) is 42.5 Å². The summed E-state index contributed by atoms with van der Waals surface area (Å²) in [6, 6.07) is 17.5. The Hall–Kier alpha value is -3.85. The van der Waals surface area contributed by atoms with Gasteiger partial charge in [0.05, 0.1) is 12.2 Å². The number of benzene rings is 2. The number of nitrogens with zero attached hydrogens (tertiary/aromatic N) is 2. The minimum Gasteiger partial charge on any atom is -0.461 e. The van der Waals surface area contributed by atoms with E-state index < -0.39 is 5.97 Å². The maximum atomic E-state index is 12.7. The molecule has 0 radical (unpaired) electrons. The van der Waals surface area contributed by atoms with Gasteiger partial charge in [0.2, 0.25) is 5.91 Å². The van der Waals surface area contributed by atoms with E-state index in [1.807, 2.05) is 55.5 Å². The fourth-order valence-corrected chi connectivity index (χ4v) is 3.80. The van der Waals surface area contributed by atoms with E-state index >= 15 is 0 Å². The van der Waals surface area contributed by atoms with Crippen LogP contribution in [-0.2, 0) is 23.0 Å². The highest BCUT2D eigenvalue weighted by Crippen LogP contribution is 2.34. The quantitative estimate of drug-likeness (QED) is 0.579. The van der Waals surface area contributed by atoms with Gasteiger partial charge in [0.1, 0.15) is 11.8 Å². The number of carbonyl (C=O) groups excluding carboxylic acids is 2. The Balaban J connectivity index is 2.08. The van der Waals surface area contributed by atoms with Crippen LogP contribution in [0, 0.1) is 11.3 Å². The second-order valence-electron chi connectivity index (χ2n) is 7.13. The third kappa shape index (κ3) is 4.36. The number of ether oxygens (including phenoxy) is 1. The fourth-order valence-electron chi connectivity index (χ4n) is 3.80.